The molecule has 3 nitrogen and oxygen atoms in total. The van der Waals surface area contributed by atoms with E-state index < -0.39 is 0 Å². The first-order valence-electron chi connectivity index (χ1n) is 5.77. The molecule has 0 saturated carbocycles. The van der Waals surface area contributed by atoms with Crippen molar-refractivity contribution in [1.82, 2.24) is 5.32 Å². The van der Waals surface area contributed by atoms with Crippen LogP contribution in [0.5, 0.6) is 0 Å². The first-order chi connectivity index (χ1) is 7.84. The Balaban J connectivity index is 2.12. The zero-order valence-electron chi connectivity index (χ0n) is 9.74. The van der Waals surface area contributed by atoms with Gasteiger partial charge in [0.2, 0.25) is 0 Å². The third-order valence-electron chi connectivity index (χ3n) is 2.23. The van der Waals surface area contributed by atoms with Crippen molar-refractivity contribution in [3.63, 3.8) is 0 Å². The second-order valence-corrected chi connectivity index (χ2v) is 3.61. The van der Waals surface area contributed by atoms with Crippen LogP contribution in [0.25, 0.3) is 0 Å². The average Bonchev–Trinajstić information content (AvgIpc) is 2.34. The van der Waals surface area contributed by atoms with E-state index >= 15 is 0 Å². The average molecular weight is 221 g/mol. The van der Waals surface area contributed by atoms with Gasteiger partial charge in [-0.15, -0.1) is 0 Å². The molecule has 0 radical (unpaired) electrons. The molecule has 88 valence electrons. The number of rotatable bonds is 7. The summed E-state index contributed by atoms with van der Waals surface area (Å²) in [5.41, 5.74) is 0.607. The Kier molecular flexibility index (Phi) is 6.26. The Morgan fingerprint density at radius 1 is 1.25 bits per heavy atom. The predicted molar refractivity (Wildman–Crippen MR) is 64.5 cm³/mol. The van der Waals surface area contributed by atoms with Gasteiger partial charge >= 0.3 is 5.97 Å². The van der Waals surface area contributed by atoms with Crippen molar-refractivity contribution >= 4 is 5.97 Å². The first kappa shape index (κ1) is 12.7. The maximum atomic E-state index is 11.5. The molecule has 0 saturated heterocycles. The summed E-state index contributed by atoms with van der Waals surface area (Å²) < 4.78 is 5.11. The van der Waals surface area contributed by atoms with Gasteiger partial charge in [-0.3, -0.25) is 0 Å². The molecule has 0 aliphatic carbocycles. The molecule has 0 atom stereocenters. The molecule has 0 heterocycles. The molecular weight excluding hydrogens is 202 g/mol. The largest absolute Gasteiger partial charge is 0.461 e. The molecule has 1 aromatic rings. The highest BCUT2D eigenvalue weighted by molar-refractivity contribution is 5.89. The summed E-state index contributed by atoms with van der Waals surface area (Å²) in [4.78, 5) is 11.5. The maximum Gasteiger partial charge on any atom is 0.338 e. The van der Waals surface area contributed by atoms with Gasteiger partial charge in [0.15, 0.2) is 0 Å². The molecule has 1 rings (SSSR count). The molecular formula is C13H19NO2. The standard InChI is InChI=1S/C13H19NO2/c1-2-3-9-14-10-11-16-13(15)12-7-5-4-6-8-12/h4-8,14H,2-3,9-11H2,1H3. The Morgan fingerprint density at radius 3 is 2.69 bits per heavy atom. The lowest BCUT2D eigenvalue weighted by atomic mass is 10.2. The van der Waals surface area contributed by atoms with Crippen molar-refractivity contribution in [3.8, 4) is 0 Å². The van der Waals surface area contributed by atoms with Crippen LogP contribution in [0.2, 0.25) is 0 Å². The summed E-state index contributed by atoms with van der Waals surface area (Å²) in [7, 11) is 0. The number of benzene rings is 1. The molecule has 3 heteroatoms. The smallest absolute Gasteiger partial charge is 0.338 e. The van der Waals surface area contributed by atoms with Crippen molar-refractivity contribution in [2.24, 2.45) is 0 Å². The van der Waals surface area contributed by atoms with Crippen LogP contribution < -0.4 is 5.32 Å². The third kappa shape index (κ3) is 4.94. The third-order valence-corrected chi connectivity index (χ3v) is 2.23. The number of hydrogen-bond acceptors (Lipinski definition) is 3. The predicted octanol–water partition coefficient (Wildman–Crippen LogP) is 2.23. The van der Waals surface area contributed by atoms with Crippen molar-refractivity contribution in [2.45, 2.75) is 19.8 Å². The van der Waals surface area contributed by atoms with Crippen molar-refractivity contribution < 1.29 is 9.53 Å². The van der Waals surface area contributed by atoms with Crippen molar-refractivity contribution in [2.75, 3.05) is 19.7 Å². The monoisotopic (exact) mass is 221 g/mol. The normalized spacial score (nSPS) is 10.1. The SMILES string of the molecule is CCCCNCCOC(=O)c1ccccc1. The molecule has 0 aliphatic heterocycles. The molecule has 0 amide bonds. The molecule has 0 aliphatic rings. The van der Waals surface area contributed by atoms with E-state index in [-0.39, 0.29) is 5.97 Å². The topological polar surface area (TPSA) is 38.3 Å². The lowest BCUT2D eigenvalue weighted by Crippen LogP contribution is -2.22. The number of nitrogens with one attached hydrogen (secondary N) is 1. The highest BCUT2D eigenvalue weighted by atomic mass is 16.5. The first-order valence-corrected chi connectivity index (χ1v) is 5.77. The van der Waals surface area contributed by atoms with Crippen LogP contribution in [-0.2, 0) is 4.74 Å². The number of esters is 1. The summed E-state index contributed by atoms with van der Waals surface area (Å²) in [6.07, 6.45) is 2.34. The number of hydrogen-bond donors (Lipinski definition) is 1. The van der Waals surface area contributed by atoms with E-state index in [1.807, 2.05) is 18.2 Å². The van der Waals surface area contributed by atoms with Crippen molar-refractivity contribution in [1.29, 1.82) is 0 Å². The van der Waals surface area contributed by atoms with Crippen LogP contribution in [0.3, 0.4) is 0 Å². The van der Waals surface area contributed by atoms with Crippen LogP contribution in [-0.4, -0.2) is 25.7 Å². The van der Waals surface area contributed by atoms with Gasteiger partial charge in [-0.25, -0.2) is 4.79 Å². The van der Waals surface area contributed by atoms with E-state index in [4.69, 9.17) is 4.74 Å². The van der Waals surface area contributed by atoms with Gasteiger partial charge in [-0.2, -0.15) is 0 Å². The van der Waals surface area contributed by atoms with E-state index in [2.05, 4.69) is 12.2 Å². The van der Waals surface area contributed by atoms with E-state index in [1.54, 1.807) is 12.1 Å². The summed E-state index contributed by atoms with van der Waals surface area (Å²) in [5, 5.41) is 3.22. The molecule has 0 aromatic heterocycles. The summed E-state index contributed by atoms with van der Waals surface area (Å²) >= 11 is 0. The van der Waals surface area contributed by atoms with Gasteiger partial charge in [0.25, 0.3) is 0 Å². The molecule has 1 aromatic carbocycles. The van der Waals surface area contributed by atoms with Crippen LogP contribution in [0.4, 0.5) is 0 Å². The number of carbonyl (C=O) groups is 1. The summed E-state index contributed by atoms with van der Waals surface area (Å²) in [5.74, 6) is -0.252. The van der Waals surface area contributed by atoms with Gasteiger partial charge in [0.1, 0.15) is 6.61 Å². The second kappa shape index (κ2) is 7.88. The molecule has 16 heavy (non-hydrogen) atoms. The highest BCUT2D eigenvalue weighted by Crippen LogP contribution is 2.00. The van der Waals surface area contributed by atoms with Crippen LogP contribution >= 0.6 is 0 Å². The van der Waals surface area contributed by atoms with Gasteiger partial charge in [0, 0.05) is 6.54 Å². The van der Waals surface area contributed by atoms with Crippen molar-refractivity contribution in [3.05, 3.63) is 35.9 Å². The van der Waals surface area contributed by atoms with Gasteiger partial charge in [-0.05, 0) is 25.1 Å². The maximum absolute atomic E-state index is 11.5. The molecule has 1 N–H and O–H groups in total. The second-order valence-electron chi connectivity index (χ2n) is 3.61. The van der Waals surface area contributed by atoms with E-state index in [0.717, 1.165) is 19.5 Å². The Labute approximate surface area is 96.8 Å². The fourth-order valence-electron chi connectivity index (χ4n) is 1.30. The minimum atomic E-state index is -0.252. The minimum absolute atomic E-state index is 0.252. The quantitative estimate of drug-likeness (QED) is 0.567. The van der Waals surface area contributed by atoms with Crippen LogP contribution in [0.1, 0.15) is 30.1 Å². The van der Waals surface area contributed by atoms with Crippen LogP contribution in [0, 0.1) is 0 Å². The molecule has 0 bridgehead atoms. The lowest BCUT2D eigenvalue weighted by Gasteiger charge is -2.05. The lowest BCUT2D eigenvalue weighted by molar-refractivity contribution is 0.0508. The van der Waals surface area contributed by atoms with E-state index in [1.165, 1.54) is 6.42 Å². The summed E-state index contributed by atoms with van der Waals surface area (Å²) in [6, 6.07) is 9.05. The number of carbonyl (C=O) groups excluding carboxylic acids is 1. The molecule has 0 fully saturated rings. The summed E-state index contributed by atoms with van der Waals surface area (Å²) in [6.45, 7) is 4.28. The van der Waals surface area contributed by atoms with Gasteiger partial charge < -0.3 is 10.1 Å². The van der Waals surface area contributed by atoms with E-state index in [9.17, 15) is 4.79 Å². The number of ether oxygens (including phenoxy) is 1. The Bertz CT molecular complexity index is 298. The fraction of sp³-hybridized carbons (Fsp3) is 0.462. The van der Waals surface area contributed by atoms with Crippen LogP contribution in [0.15, 0.2) is 30.3 Å². The van der Waals surface area contributed by atoms with E-state index in [0.29, 0.717) is 12.2 Å². The molecule has 0 unspecified atom stereocenters. The fourth-order valence-corrected chi connectivity index (χ4v) is 1.30. The highest BCUT2D eigenvalue weighted by Gasteiger charge is 2.04. The Hall–Kier alpha value is -1.35. The zero-order chi connectivity index (χ0) is 11.6. The number of unbranched alkanes of at least 4 members (excludes halogenated alkanes) is 1. The Morgan fingerprint density at radius 2 is 2.00 bits per heavy atom. The molecule has 0 spiro atoms. The minimum Gasteiger partial charge on any atom is -0.461 e. The van der Waals surface area contributed by atoms with Gasteiger partial charge in [-0.1, -0.05) is 31.5 Å². The van der Waals surface area contributed by atoms with Gasteiger partial charge in [0.05, 0.1) is 5.56 Å². The zero-order valence-corrected chi connectivity index (χ0v) is 9.74.